The fraction of sp³-hybridized carbons (Fsp3) is 0.200. The SMILES string of the molecule is Cc1cnc2c(c1)N(c1cccc(C(=O)[O-])c1)CCO2.[Li+]. The van der Waals surface area contributed by atoms with Crippen LogP contribution >= 0.6 is 0 Å². The topological polar surface area (TPSA) is 65.5 Å². The standard InChI is InChI=1S/C15H14N2O3.Li/c1-10-7-13-14(16-9-10)20-6-5-17(13)12-4-2-3-11(8-12)15(18)19;/h2-4,7-9H,5-6H2,1H3,(H,18,19);/q;+1/p-1. The Hall–Kier alpha value is -1.96. The van der Waals surface area contributed by atoms with E-state index in [0.29, 0.717) is 19.0 Å². The van der Waals surface area contributed by atoms with Crippen molar-refractivity contribution in [3.63, 3.8) is 0 Å². The predicted molar refractivity (Wildman–Crippen MR) is 72.2 cm³/mol. The number of nitrogens with zero attached hydrogens (tertiary/aromatic N) is 2. The number of aryl methyl sites for hydroxylation is 1. The van der Waals surface area contributed by atoms with E-state index in [4.69, 9.17) is 4.74 Å². The van der Waals surface area contributed by atoms with Crippen LogP contribution in [0.4, 0.5) is 11.4 Å². The van der Waals surface area contributed by atoms with Crippen molar-refractivity contribution in [2.24, 2.45) is 0 Å². The summed E-state index contributed by atoms with van der Waals surface area (Å²) in [5.41, 5.74) is 2.84. The molecule has 0 fully saturated rings. The molecule has 1 aromatic heterocycles. The molecule has 0 amide bonds. The van der Waals surface area contributed by atoms with Crippen LogP contribution < -0.4 is 33.6 Å². The Morgan fingerprint density at radius 3 is 2.95 bits per heavy atom. The van der Waals surface area contributed by atoms with Crippen molar-refractivity contribution >= 4 is 17.3 Å². The largest absolute Gasteiger partial charge is 1.00 e. The molecule has 1 aromatic carbocycles. The number of carboxylic acids is 1. The number of carboxylic acid groups (broad SMARTS) is 1. The van der Waals surface area contributed by atoms with E-state index >= 15 is 0 Å². The van der Waals surface area contributed by atoms with Gasteiger partial charge in [0, 0.05) is 11.9 Å². The normalized spacial score (nSPS) is 12.9. The molecule has 0 saturated carbocycles. The van der Waals surface area contributed by atoms with Gasteiger partial charge in [-0.2, -0.15) is 0 Å². The van der Waals surface area contributed by atoms with Crippen LogP contribution in [-0.4, -0.2) is 24.1 Å². The Bertz CT molecular complexity index is 676. The van der Waals surface area contributed by atoms with Gasteiger partial charge in [0.25, 0.3) is 0 Å². The van der Waals surface area contributed by atoms with Gasteiger partial charge in [-0.1, -0.05) is 12.1 Å². The van der Waals surface area contributed by atoms with Crippen LogP contribution in [0.15, 0.2) is 36.5 Å². The maximum Gasteiger partial charge on any atom is 1.00 e. The van der Waals surface area contributed by atoms with Gasteiger partial charge in [0.2, 0.25) is 5.88 Å². The van der Waals surface area contributed by atoms with Crippen molar-refractivity contribution in [3.05, 3.63) is 47.7 Å². The second-order valence-corrected chi connectivity index (χ2v) is 4.67. The van der Waals surface area contributed by atoms with E-state index < -0.39 is 5.97 Å². The molecule has 0 radical (unpaired) electrons. The summed E-state index contributed by atoms with van der Waals surface area (Å²) in [6, 6.07) is 8.68. The molecule has 6 heteroatoms. The molecule has 102 valence electrons. The Balaban J connectivity index is 0.00000161. The number of hydrogen-bond donors (Lipinski definition) is 0. The summed E-state index contributed by atoms with van der Waals surface area (Å²) in [5.74, 6) is -0.608. The fourth-order valence-corrected chi connectivity index (χ4v) is 2.27. The molecule has 0 unspecified atom stereocenters. The minimum atomic E-state index is -1.18. The molecule has 2 heterocycles. The molecule has 3 rings (SSSR count). The van der Waals surface area contributed by atoms with Gasteiger partial charge in [-0.05, 0) is 36.2 Å². The minimum Gasteiger partial charge on any atom is -0.545 e. The van der Waals surface area contributed by atoms with Crippen molar-refractivity contribution < 1.29 is 33.5 Å². The average Bonchev–Trinajstić information content (AvgIpc) is 2.46. The van der Waals surface area contributed by atoms with Gasteiger partial charge in [0.15, 0.2) is 0 Å². The van der Waals surface area contributed by atoms with Crippen LogP contribution in [0.25, 0.3) is 0 Å². The molecule has 0 saturated heterocycles. The number of pyridine rings is 1. The zero-order valence-corrected chi connectivity index (χ0v) is 12.0. The fourth-order valence-electron chi connectivity index (χ4n) is 2.27. The number of carbonyl (C=O) groups is 1. The summed E-state index contributed by atoms with van der Waals surface area (Å²) >= 11 is 0. The first-order chi connectivity index (χ1) is 9.65. The van der Waals surface area contributed by atoms with E-state index in [1.54, 1.807) is 18.3 Å². The maximum absolute atomic E-state index is 11.0. The maximum atomic E-state index is 11.0. The molecule has 1 aliphatic heterocycles. The second-order valence-electron chi connectivity index (χ2n) is 4.67. The average molecular weight is 276 g/mol. The Labute approximate surface area is 134 Å². The number of rotatable bonds is 2. The number of ether oxygens (including phenoxy) is 1. The van der Waals surface area contributed by atoms with Gasteiger partial charge >= 0.3 is 18.9 Å². The predicted octanol–water partition coefficient (Wildman–Crippen LogP) is -1.71. The van der Waals surface area contributed by atoms with Crippen LogP contribution in [0.5, 0.6) is 5.88 Å². The van der Waals surface area contributed by atoms with E-state index in [1.807, 2.05) is 24.0 Å². The second kappa shape index (κ2) is 6.21. The Kier molecular flexibility index (Phi) is 4.56. The third kappa shape index (κ3) is 3.04. The van der Waals surface area contributed by atoms with Crippen molar-refractivity contribution in [3.8, 4) is 5.88 Å². The van der Waals surface area contributed by atoms with Gasteiger partial charge in [0.1, 0.15) is 12.3 Å². The van der Waals surface area contributed by atoms with Crippen LogP contribution in [0, 0.1) is 6.92 Å². The zero-order valence-electron chi connectivity index (χ0n) is 12.0. The van der Waals surface area contributed by atoms with Crippen molar-refractivity contribution in [2.45, 2.75) is 6.92 Å². The summed E-state index contributed by atoms with van der Waals surface area (Å²) in [5, 5.41) is 11.0. The number of aromatic carboxylic acids is 1. The molecule has 0 bridgehead atoms. The van der Waals surface area contributed by atoms with Crippen molar-refractivity contribution in [1.29, 1.82) is 0 Å². The van der Waals surface area contributed by atoms with E-state index in [1.165, 1.54) is 6.07 Å². The van der Waals surface area contributed by atoms with Crippen molar-refractivity contribution in [2.75, 3.05) is 18.1 Å². The minimum absolute atomic E-state index is 0. The number of fused-ring (bicyclic) bond motifs is 1. The summed E-state index contributed by atoms with van der Waals surface area (Å²) in [7, 11) is 0. The smallest absolute Gasteiger partial charge is 0.545 e. The molecule has 0 N–H and O–H groups in total. The van der Waals surface area contributed by atoms with E-state index in [-0.39, 0.29) is 24.4 Å². The zero-order chi connectivity index (χ0) is 14.1. The monoisotopic (exact) mass is 276 g/mol. The van der Waals surface area contributed by atoms with E-state index in [0.717, 1.165) is 16.9 Å². The summed E-state index contributed by atoms with van der Waals surface area (Å²) in [6.07, 6.45) is 1.75. The molecule has 2 aromatic rings. The Morgan fingerprint density at radius 1 is 1.38 bits per heavy atom. The van der Waals surface area contributed by atoms with Crippen LogP contribution in [-0.2, 0) is 0 Å². The molecular weight excluding hydrogens is 263 g/mol. The molecule has 0 aliphatic carbocycles. The number of aromatic nitrogens is 1. The molecule has 21 heavy (non-hydrogen) atoms. The first kappa shape index (κ1) is 15.4. The van der Waals surface area contributed by atoms with Crippen LogP contribution in [0.2, 0.25) is 0 Å². The van der Waals surface area contributed by atoms with E-state index in [9.17, 15) is 9.90 Å². The number of benzene rings is 1. The summed E-state index contributed by atoms with van der Waals surface area (Å²) < 4.78 is 5.53. The third-order valence-corrected chi connectivity index (χ3v) is 3.21. The van der Waals surface area contributed by atoms with Gasteiger partial charge < -0.3 is 19.5 Å². The molecule has 5 nitrogen and oxygen atoms in total. The Morgan fingerprint density at radius 2 is 2.19 bits per heavy atom. The third-order valence-electron chi connectivity index (χ3n) is 3.21. The van der Waals surface area contributed by atoms with Gasteiger partial charge in [-0.3, -0.25) is 0 Å². The molecule has 1 aliphatic rings. The van der Waals surface area contributed by atoms with Crippen LogP contribution in [0.1, 0.15) is 15.9 Å². The first-order valence-electron chi connectivity index (χ1n) is 6.33. The van der Waals surface area contributed by atoms with Gasteiger partial charge in [-0.25, -0.2) is 4.98 Å². The first-order valence-corrected chi connectivity index (χ1v) is 6.33. The number of hydrogen-bond acceptors (Lipinski definition) is 5. The van der Waals surface area contributed by atoms with E-state index in [2.05, 4.69) is 4.98 Å². The van der Waals surface area contributed by atoms with Gasteiger partial charge in [-0.15, -0.1) is 0 Å². The van der Waals surface area contributed by atoms with Crippen LogP contribution in [0.3, 0.4) is 0 Å². The number of anilines is 2. The molecular formula is C15H13LiN2O3. The quantitative estimate of drug-likeness (QED) is 0.611. The van der Waals surface area contributed by atoms with Gasteiger partial charge in [0.05, 0.1) is 12.5 Å². The number of carbonyl (C=O) groups excluding carboxylic acids is 1. The molecule has 0 spiro atoms. The summed E-state index contributed by atoms with van der Waals surface area (Å²) in [6.45, 7) is 3.12. The summed E-state index contributed by atoms with van der Waals surface area (Å²) in [4.78, 5) is 17.2. The van der Waals surface area contributed by atoms with Crippen molar-refractivity contribution in [1.82, 2.24) is 4.98 Å². The molecule has 0 atom stereocenters.